The number of nitrogens with zero attached hydrogens (tertiary/aromatic N) is 2. The van der Waals surface area contributed by atoms with Crippen molar-refractivity contribution in [2.24, 2.45) is 16.7 Å². The molecule has 1 aromatic heterocycles. The summed E-state index contributed by atoms with van der Waals surface area (Å²) in [6, 6.07) is 0. The van der Waals surface area contributed by atoms with Crippen molar-refractivity contribution in [3.63, 3.8) is 0 Å². The second-order valence-corrected chi connectivity index (χ2v) is 5.54. The predicted molar refractivity (Wildman–Crippen MR) is 58.0 cm³/mol. The van der Waals surface area contributed by atoms with Crippen molar-refractivity contribution in [1.82, 2.24) is 9.97 Å². The SMILES string of the molecule is CC1(C)C(C(O)c2cncnc2)C1(C)C. The van der Waals surface area contributed by atoms with Gasteiger partial charge in [-0.3, -0.25) is 0 Å². The first-order chi connectivity index (χ1) is 6.89. The lowest BCUT2D eigenvalue weighted by Crippen LogP contribution is -2.06. The second kappa shape index (κ2) is 3.01. The van der Waals surface area contributed by atoms with E-state index in [9.17, 15) is 5.11 Å². The summed E-state index contributed by atoms with van der Waals surface area (Å²) in [6.07, 6.45) is 4.43. The minimum atomic E-state index is -0.448. The summed E-state index contributed by atoms with van der Waals surface area (Å²) in [7, 11) is 0. The van der Waals surface area contributed by atoms with Gasteiger partial charge in [-0.25, -0.2) is 9.97 Å². The first-order valence-corrected chi connectivity index (χ1v) is 5.32. The summed E-state index contributed by atoms with van der Waals surface area (Å²) in [5.74, 6) is 0.288. The van der Waals surface area contributed by atoms with Crippen LogP contribution in [0.2, 0.25) is 0 Å². The molecule has 0 aromatic carbocycles. The maximum absolute atomic E-state index is 10.3. The van der Waals surface area contributed by atoms with Crippen LogP contribution in [0.15, 0.2) is 18.7 Å². The summed E-state index contributed by atoms with van der Waals surface area (Å²) in [4.78, 5) is 7.88. The van der Waals surface area contributed by atoms with Crippen LogP contribution in [0, 0.1) is 16.7 Å². The molecule has 0 radical (unpaired) electrons. The largest absolute Gasteiger partial charge is 0.388 e. The van der Waals surface area contributed by atoms with Crippen LogP contribution in [0.5, 0.6) is 0 Å². The van der Waals surface area contributed by atoms with Crippen molar-refractivity contribution < 1.29 is 5.11 Å². The summed E-state index contributed by atoms with van der Waals surface area (Å²) < 4.78 is 0. The molecule has 0 bridgehead atoms. The van der Waals surface area contributed by atoms with Crippen LogP contribution < -0.4 is 0 Å². The predicted octanol–water partition coefficient (Wildman–Crippen LogP) is 2.19. The van der Waals surface area contributed by atoms with Gasteiger partial charge in [0, 0.05) is 23.9 Å². The Morgan fingerprint density at radius 3 is 2.00 bits per heavy atom. The zero-order chi connectivity index (χ0) is 11.3. The molecule has 1 aromatic rings. The molecule has 1 aliphatic carbocycles. The fraction of sp³-hybridized carbons (Fsp3) is 0.667. The Bertz CT molecular complexity index is 345. The van der Waals surface area contributed by atoms with Crippen molar-refractivity contribution in [3.8, 4) is 0 Å². The van der Waals surface area contributed by atoms with Crippen LogP contribution in [0.3, 0.4) is 0 Å². The Morgan fingerprint density at radius 1 is 1.13 bits per heavy atom. The third-order valence-electron chi connectivity index (χ3n) is 4.37. The molecule has 0 spiro atoms. The highest BCUT2D eigenvalue weighted by molar-refractivity contribution is 5.21. The van der Waals surface area contributed by atoms with E-state index in [1.165, 1.54) is 6.33 Å². The topological polar surface area (TPSA) is 46.0 Å². The lowest BCUT2D eigenvalue weighted by Gasteiger charge is -2.11. The number of hydrogen-bond acceptors (Lipinski definition) is 3. The van der Waals surface area contributed by atoms with Crippen molar-refractivity contribution in [1.29, 1.82) is 0 Å². The van der Waals surface area contributed by atoms with E-state index >= 15 is 0 Å². The quantitative estimate of drug-likeness (QED) is 0.806. The monoisotopic (exact) mass is 206 g/mol. The summed E-state index contributed by atoms with van der Waals surface area (Å²) >= 11 is 0. The van der Waals surface area contributed by atoms with E-state index in [0.717, 1.165) is 5.56 Å². The van der Waals surface area contributed by atoms with Gasteiger partial charge in [0.1, 0.15) is 6.33 Å². The van der Waals surface area contributed by atoms with Gasteiger partial charge in [0.15, 0.2) is 0 Å². The molecular formula is C12H18N2O. The van der Waals surface area contributed by atoms with Gasteiger partial charge in [0.25, 0.3) is 0 Å². The average molecular weight is 206 g/mol. The Kier molecular flexibility index (Phi) is 2.12. The van der Waals surface area contributed by atoms with Gasteiger partial charge in [-0.2, -0.15) is 0 Å². The fourth-order valence-electron chi connectivity index (χ4n) is 2.69. The Hall–Kier alpha value is -0.960. The fourth-order valence-corrected chi connectivity index (χ4v) is 2.69. The number of aromatic nitrogens is 2. The van der Waals surface area contributed by atoms with E-state index in [0.29, 0.717) is 0 Å². The van der Waals surface area contributed by atoms with Crippen LogP contribution >= 0.6 is 0 Å². The summed E-state index contributed by atoms with van der Waals surface area (Å²) in [5, 5.41) is 10.3. The molecule has 82 valence electrons. The summed E-state index contributed by atoms with van der Waals surface area (Å²) in [5.41, 5.74) is 1.19. The molecule has 1 atom stereocenters. The Balaban J connectivity index is 2.22. The zero-order valence-electron chi connectivity index (χ0n) is 9.73. The first kappa shape index (κ1) is 10.6. The van der Waals surface area contributed by atoms with Gasteiger partial charge in [-0.05, 0) is 10.8 Å². The van der Waals surface area contributed by atoms with Crippen molar-refractivity contribution in [2.75, 3.05) is 0 Å². The lowest BCUT2D eigenvalue weighted by molar-refractivity contribution is 0.130. The van der Waals surface area contributed by atoms with E-state index in [-0.39, 0.29) is 16.7 Å². The maximum Gasteiger partial charge on any atom is 0.115 e. The van der Waals surface area contributed by atoms with Crippen molar-refractivity contribution in [2.45, 2.75) is 33.8 Å². The van der Waals surface area contributed by atoms with Crippen LogP contribution in [0.1, 0.15) is 39.4 Å². The van der Waals surface area contributed by atoms with Crippen molar-refractivity contribution in [3.05, 3.63) is 24.3 Å². The molecule has 1 unspecified atom stereocenters. The van der Waals surface area contributed by atoms with Gasteiger partial charge >= 0.3 is 0 Å². The second-order valence-electron chi connectivity index (χ2n) is 5.54. The van der Waals surface area contributed by atoms with Crippen LogP contribution in [0.25, 0.3) is 0 Å². The first-order valence-electron chi connectivity index (χ1n) is 5.32. The molecule has 2 rings (SSSR count). The number of aliphatic hydroxyl groups excluding tert-OH is 1. The zero-order valence-corrected chi connectivity index (χ0v) is 9.73. The molecule has 1 fully saturated rings. The number of rotatable bonds is 2. The Labute approximate surface area is 90.6 Å². The van der Waals surface area contributed by atoms with Crippen molar-refractivity contribution >= 4 is 0 Å². The molecule has 1 N–H and O–H groups in total. The highest BCUT2D eigenvalue weighted by atomic mass is 16.3. The lowest BCUT2D eigenvalue weighted by atomic mass is 10.0. The Morgan fingerprint density at radius 2 is 1.60 bits per heavy atom. The van der Waals surface area contributed by atoms with E-state index in [1.54, 1.807) is 12.4 Å². The van der Waals surface area contributed by atoms with Gasteiger partial charge in [-0.1, -0.05) is 27.7 Å². The maximum atomic E-state index is 10.3. The molecule has 3 nitrogen and oxygen atoms in total. The molecule has 0 saturated heterocycles. The molecular weight excluding hydrogens is 188 g/mol. The normalized spacial score (nSPS) is 24.9. The minimum Gasteiger partial charge on any atom is -0.388 e. The van der Waals surface area contributed by atoms with E-state index in [2.05, 4.69) is 37.7 Å². The molecule has 1 aliphatic rings. The minimum absolute atomic E-state index is 0.183. The van der Waals surface area contributed by atoms with Gasteiger partial charge < -0.3 is 5.11 Å². The summed E-state index contributed by atoms with van der Waals surface area (Å²) in [6.45, 7) is 8.80. The van der Waals surface area contributed by atoms with Gasteiger partial charge in [-0.15, -0.1) is 0 Å². The van der Waals surface area contributed by atoms with E-state index in [1.807, 2.05) is 0 Å². The highest BCUT2D eigenvalue weighted by Crippen LogP contribution is 2.72. The van der Waals surface area contributed by atoms with Crippen LogP contribution in [-0.2, 0) is 0 Å². The number of hydrogen-bond donors (Lipinski definition) is 1. The smallest absolute Gasteiger partial charge is 0.115 e. The molecule has 1 heterocycles. The highest BCUT2D eigenvalue weighted by Gasteiger charge is 2.67. The molecule has 15 heavy (non-hydrogen) atoms. The number of aliphatic hydroxyl groups is 1. The van der Waals surface area contributed by atoms with Gasteiger partial charge in [0.05, 0.1) is 6.10 Å². The average Bonchev–Trinajstić information content (AvgIpc) is 2.58. The third-order valence-corrected chi connectivity index (χ3v) is 4.37. The molecule has 0 aliphatic heterocycles. The third kappa shape index (κ3) is 1.37. The van der Waals surface area contributed by atoms with Gasteiger partial charge in [0.2, 0.25) is 0 Å². The molecule has 3 heteroatoms. The standard InChI is InChI=1S/C12H18N2O/c1-11(2)10(12(11,3)4)9(15)8-5-13-7-14-6-8/h5-7,9-10,15H,1-4H3. The van der Waals surface area contributed by atoms with Crippen LogP contribution in [0.4, 0.5) is 0 Å². The molecule has 1 saturated carbocycles. The van der Waals surface area contributed by atoms with Crippen LogP contribution in [-0.4, -0.2) is 15.1 Å². The van der Waals surface area contributed by atoms with E-state index < -0.39 is 6.10 Å². The molecule has 0 amide bonds. The van der Waals surface area contributed by atoms with E-state index in [4.69, 9.17) is 0 Å².